The van der Waals surface area contributed by atoms with Gasteiger partial charge in [0.1, 0.15) is 13.3 Å². The van der Waals surface area contributed by atoms with Crippen LogP contribution in [0, 0.1) is 0 Å². The van der Waals surface area contributed by atoms with Crippen LogP contribution in [0.25, 0.3) is 0 Å². The third-order valence-electron chi connectivity index (χ3n) is 0.677. The molecular formula is C5H5NO2. The lowest BCUT2D eigenvalue weighted by molar-refractivity contribution is 0.320. The van der Waals surface area contributed by atoms with E-state index < -0.39 is 0 Å². The molecule has 0 atom stereocenters. The van der Waals surface area contributed by atoms with Crippen molar-refractivity contribution < 1.29 is 11.0 Å². The predicted octanol–water partition coefficient (Wildman–Crippen LogP) is 1.09. The summed E-state index contributed by atoms with van der Waals surface area (Å²) in [7, 11) is 0. The highest BCUT2D eigenvalue weighted by Gasteiger charge is 1.84. The van der Waals surface area contributed by atoms with E-state index >= 15 is 0 Å². The van der Waals surface area contributed by atoms with E-state index in [2.05, 4.69) is 9.57 Å². The van der Waals surface area contributed by atoms with Gasteiger partial charge in [-0.25, -0.2) is 0 Å². The number of rotatable bonds is 1. The molecule has 0 aromatic carbocycles. The Balaban J connectivity index is 2.85. The molecule has 1 heterocycles. The van der Waals surface area contributed by atoms with Gasteiger partial charge >= 0.3 is 0 Å². The van der Waals surface area contributed by atoms with Crippen molar-refractivity contribution in [2.24, 2.45) is 5.16 Å². The highest BCUT2D eigenvalue weighted by atomic mass is 16.4. The van der Waals surface area contributed by atoms with Crippen LogP contribution in [-0.4, -0.2) is 11.4 Å². The van der Waals surface area contributed by atoms with Crippen LogP contribution in [-0.2, 0) is 0 Å². The maximum absolute atomic E-state index is 7.98. The fourth-order valence-electron chi connectivity index (χ4n) is 0.379. The normalized spacial score (nSPS) is 12.2. The molecule has 1 rings (SSSR count). The SMILES string of the molecule is [2H]c1ccc(/C=N/O)o1. The van der Waals surface area contributed by atoms with Gasteiger partial charge in [0, 0.05) is 0 Å². The van der Waals surface area contributed by atoms with Crippen LogP contribution >= 0.6 is 0 Å². The molecular weight excluding hydrogens is 106 g/mol. The number of hydrogen-bond acceptors (Lipinski definition) is 3. The largest absolute Gasteiger partial charge is 0.463 e. The van der Waals surface area contributed by atoms with Crippen molar-refractivity contribution in [3.05, 3.63) is 24.1 Å². The Kier molecular flexibility index (Phi) is 1.00. The van der Waals surface area contributed by atoms with Crippen LogP contribution in [0.1, 0.15) is 7.13 Å². The Hall–Kier alpha value is -1.25. The van der Waals surface area contributed by atoms with Crippen LogP contribution < -0.4 is 0 Å². The van der Waals surface area contributed by atoms with E-state index in [1.807, 2.05) is 0 Å². The summed E-state index contributed by atoms with van der Waals surface area (Å²) in [4.78, 5) is 0. The van der Waals surface area contributed by atoms with Crippen molar-refractivity contribution >= 4 is 6.21 Å². The molecule has 0 aliphatic rings. The number of nitrogens with zero attached hydrogens (tertiary/aromatic N) is 1. The van der Waals surface area contributed by atoms with Crippen LogP contribution in [0.2, 0.25) is 0 Å². The molecule has 1 aromatic rings. The van der Waals surface area contributed by atoms with Crippen molar-refractivity contribution in [1.82, 2.24) is 0 Å². The monoisotopic (exact) mass is 112 g/mol. The molecule has 1 aromatic heterocycles. The van der Waals surface area contributed by atoms with Gasteiger partial charge in [0.25, 0.3) is 0 Å². The van der Waals surface area contributed by atoms with Gasteiger partial charge in [-0.15, -0.1) is 0 Å². The van der Waals surface area contributed by atoms with E-state index in [1.165, 1.54) is 6.07 Å². The highest BCUT2D eigenvalue weighted by Crippen LogP contribution is 1.93. The standard InChI is InChI=1S/C5H5NO2/c7-6-4-5-2-1-3-8-5/h1-4,7H/b6-4+/i3D. The van der Waals surface area contributed by atoms with E-state index in [9.17, 15) is 0 Å². The fraction of sp³-hybridized carbons (Fsp3) is 0. The second-order valence-electron chi connectivity index (χ2n) is 1.20. The molecule has 0 saturated carbocycles. The van der Waals surface area contributed by atoms with Gasteiger partial charge in [0.15, 0.2) is 0 Å². The summed E-state index contributed by atoms with van der Waals surface area (Å²) < 4.78 is 11.6. The molecule has 0 spiro atoms. The first-order valence-electron chi connectivity index (χ1n) is 2.57. The van der Waals surface area contributed by atoms with Gasteiger partial charge in [-0.2, -0.15) is 0 Å². The van der Waals surface area contributed by atoms with Crippen LogP contribution in [0.15, 0.2) is 27.9 Å². The maximum Gasteiger partial charge on any atom is 0.148 e. The Morgan fingerprint density at radius 3 is 3.38 bits per heavy atom. The van der Waals surface area contributed by atoms with Gasteiger partial charge in [-0.1, -0.05) is 5.16 Å². The lowest BCUT2D eigenvalue weighted by Crippen LogP contribution is -1.70. The lowest BCUT2D eigenvalue weighted by atomic mass is 10.5. The fourth-order valence-corrected chi connectivity index (χ4v) is 0.379. The maximum atomic E-state index is 7.98. The molecule has 3 nitrogen and oxygen atoms in total. The molecule has 8 heavy (non-hydrogen) atoms. The molecule has 0 bridgehead atoms. The number of hydrogen-bond donors (Lipinski definition) is 1. The predicted molar refractivity (Wildman–Crippen MR) is 28.1 cm³/mol. The molecule has 1 N–H and O–H groups in total. The van der Waals surface area contributed by atoms with E-state index in [0.29, 0.717) is 5.76 Å². The third-order valence-corrected chi connectivity index (χ3v) is 0.677. The molecule has 0 radical (unpaired) electrons. The molecule has 0 amide bonds. The Labute approximate surface area is 47.6 Å². The minimum absolute atomic E-state index is 0.0601. The average molecular weight is 112 g/mol. The smallest absolute Gasteiger partial charge is 0.148 e. The first kappa shape index (κ1) is 3.72. The Bertz CT molecular complexity index is 218. The highest BCUT2D eigenvalue weighted by molar-refractivity contribution is 5.74. The van der Waals surface area contributed by atoms with Crippen molar-refractivity contribution in [2.75, 3.05) is 0 Å². The van der Waals surface area contributed by atoms with Gasteiger partial charge in [0.05, 0.1) is 6.24 Å². The summed E-state index contributed by atoms with van der Waals surface area (Å²) in [6.45, 7) is 0. The summed E-state index contributed by atoms with van der Waals surface area (Å²) in [5.74, 6) is 0.377. The molecule has 3 heteroatoms. The second kappa shape index (κ2) is 2.16. The topological polar surface area (TPSA) is 45.7 Å². The third kappa shape index (κ3) is 0.872. The summed E-state index contributed by atoms with van der Waals surface area (Å²) in [6.07, 6.45) is 1.18. The van der Waals surface area contributed by atoms with Crippen molar-refractivity contribution in [3.63, 3.8) is 0 Å². The Morgan fingerprint density at radius 2 is 2.88 bits per heavy atom. The van der Waals surface area contributed by atoms with Gasteiger partial charge < -0.3 is 9.62 Å². The lowest BCUT2D eigenvalue weighted by Gasteiger charge is -1.74. The summed E-state index contributed by atoms with van der Waals surface area (Å²) in [6, 6.07) is 3.01. The zero-order chi connectivity index (χ0) is 6.69. The van der Waals surface area contributed by atoms with Gasteiger partial charge in [0.2, 0.25) is 0 Å². The zero-order valence-electron chi connectivity index (χ0n) is 5.03. The van der Waals surface area contributed by atoms with Crippen molar-refractivity contribution in [1.29, 1.82) is 0 Å². The number of furan rings is 1. The average Bonchev–Trinajstić information content (AvgIpc) is 2.17. The van der Waals surface area contributed by atoms with Crippen LogP contribution in [0.5, 0.6) is 0 Å². The van der Waals surface area contributed by atoms with Gasteiger partial charge in [-0.05, 0) is 12.1 Å². The van der Waals surface area contributed by atoms with E-state index in [4.69, 9.17) is 6.58 Å². The van der Waals surface area contributed by atoms with Gasteiger partial charge in [-0.3, -0.25) is 0 Å². The molecule has 42 valence electrons. The molecule has 0 saturated heterocycles. The molecule has 0 aliphatic carbocycles. The zero-order valence-corrected chi connectivity index (χ0v) is 4.03. The molecule has 0 unspecified atom stereocenters. The van der Waals surface area contributed by atoms with E-state index in [-0.39, 0.29) is 6.24 Å². The van der Waals surface area contributed by atoms with E-state index in [1.54, 1.807) is 6.07 Å². The second-order valence-corrected chi connectivity index (χ2v) is 1.20. The number of oxime groups is 1. The van der Waals surface area contributed by atoms with Crippen molar-refractivity contribution in [2.45, 2.75) is 0 Å². The van der Waals surface area contributed by atoms with Crippen molar-refractivity contribution in [3.8, 4) is 0 Å². The Morgan fingerprint density at radius 1 is 2.00 bits per heavy atom. The molecule has 0 aliphatic heterocycles. The summed E-state index contributed by atoms with van der Waals surface area (Å²) in [5.41, 5.74) is 0. The quantitative estimate of drug-likeness (QED) is 0.335. The first-order valence-corrected chi connectivity index (χ1v) is 2.07. The summed E-state index contributed by atoms with van der Waals surface area (Å²) in [5, 5.41) is 10.7. The minimum atomic E-state index is 0.0601. The van der Waals surface area contributed by atoms with Crippen LogP contribution in [0.4, 0.5) is 0 Å². The van der Waals surface area contributed by atoms with E-state index in [0.717, 1.165) is 6.21 Å². The summed E-state index contributed by atoms with van der Waals surface area (Å²) >= 11 is 0. The van der Waals surface area contributed by atoms with Crippen LogP contribution in [0.3, 0.4) is 0 Å². The molecule has 0 fully saturated rings. The minimum Gasteiger partial charge on any atom is -0.463 e. The first-order chi connectivity index (χ1) is 4.33.